The van der Waals surface area contributed by atoms with Gasteiger partial charge in [-0.05, 0) is 41.0 Å². The summed E-state index contributed by atoms with van der Waals surface area (Å²) in [4.78, 5) is 15.6. The number of amidine groups is 1. The van der Waals surface area contributed by atoms with Crippen molar-refractivity contribution in [2.75, 3.05) is 20.8 Å². The summed E-state index contributed by atoms with van der Waals surface area (Å²) in [6.07, 6.45) is -3.21. The summed E-state index contributed by atoms with van der Waals surface area (Å²) in [6.45, 7) is 1.39. The molecule has 0 aromatic heterocycles. The van der Waals surface area contributed by atoms with Crippen LogP contribution in [-0.4, -0.2) is 62.4 Å². The Kier molecular flexibility index (Phi) is 7.33. The number of carbonyl (C=O) groups excluding carboxylic acids is 1. The van der Waals surface area contributed by atoms with Crippen molar-refractivity contribution >= 4 is 11.9 Å². The molecule has 198 valence electrons. The van der Waals surface area contributed by atoms with E-state index >= 15 is 0 Å². The minimum atomic E-state index is -1.05. The van der Waals surface area contributed by atoms with Crippen LogP contribution >= 0.6 is 0 Å². The molecule has 38 heavy (non-hydrogen) atoms. The minimum Gasteiger partial charge on any atom is -0.497 e. The highest BCUT2D eigenvalue weighted by Gasteiger charge is 2.51. The maximum Gasteiger partial charge on any atom is 0.294 e. The number of nitrogens with zero attached hydrogens (tertiary/aromatic N) is 1. The third-order valence-electron chi connectivity index (χ3n) is 6.73. The monoisotopic (exact) mass is 518 g/mol. The Bertz CT molecular complexity index is 1230. The van der Waals surface area contributed by atoms with E-state index in [4.69, 9.17) is 23.7 Å². The topological polar surface area (TPSA) is 108 Å². The molecular formula is C29H30N2O7. The van der Waals surface area contributed by atoms with Crippen LogP contribution in [0.15, 0.2) is 83.9 Å². The van der Waals surface area contributed by atoms with E-state index in [-0.39, 0.29) is 18.5 Å². The fourth-order valence-corrected chi connectivity index (χ4v) is 4.86. The fraction of sp³-hybridized carbons (Fsp3) is 0.310. The second-order valence-electron chi connectivity index (χ2n) is 9.07. The maximum absolute atomic E-state index is 11.4. The number of rotatable bonds is 8. The van der Waals surface area contributed by atoms with Crippen molar-refractivity contribution < 1.29 is 33.6 Å². The summed E-state index contributed by atoms with van der Waals surface area (Å²) in [5, 5.41) is 13.5. The third kappa shape index (κ3) is 4.83. The van der Waals surface area contributed by atoms with E-state index in [2.05, 4.69) is 10.3 Å². The standard InChI is InChI=1S/C29H30N2O7/c1-18(32)30-28-31-27-26(38-28)25(33)24(37-27)17-36-29(19-7-5-4-6-8-19,20-9-13-22(34-2)14-10-20)21-11-15-23(35-3)16-12-21/h4-16,24-27,33H,17H2,1-3H3,(H,30,31,32)/t24-,25?,26-,27-/m1/s1. The van der Waals surface area contributed by atoms with Gasteiger partial charge in [-0.25, -0.2) is 0 Å². The Morgan fingerprint density at radius 3 is 1.97 bits per heavy atom. The van der Waals surface area contributed by atoms with Gasteiger partial charge in [-0.1, -0.05) is 54.6 Å². The zero-order valence-corrected chi connectivity index (χ0v) is 21.4. The predicted octanol–water partition coefficient (Wildman–Crippen LogP) is 2.99. The van der Waals surface area contributed by atoms with Crippen molar-refractivity contribution in [2.45, 2.75) is 37.1 Å². The first kappa shape index (κ1) is 25.7. The average Bonchev–Trinajstić information content (AvgIpc) is 3.47. The van der Waals surface area contributed by atoms with Gasteiger partial charge in [-0.2, -0.15) is 4.99 Å². The molecule has 2 N–H and O–H groups in total. The normalized spacial score (nSPS) is 22.3. The van der Waals surface area contributed by atoms with Crippen LogP contribution in [0.2, 0.25) is 0 Å². The second kappa shape index (κ2) is 10.8. The maximum atomic E-state index is 11.4. The van der Waals surface area contributed by atoms with Crippen LogP contribution in [-0.2, 0) is 24.6 Å². The van der Waals surface area contributed by atoms with Crippen LogP contribution in [0.5, 0.6) is 11.5 Å². The van der Waals surface area contributed by atoms with Crippen LogP contribution in [0.25, 0.3) is 0 Å². The van der Waals surface area contributed by atoms with E-state index in [9.17, 15) is 9.90 Å². The van der Waals surface area contributed by atoms with Crippen molar-refractivity contribution in [1.29, 1.82) is 0 Å². The number of hydrogen-bond donors (Lipinski definition) is 2. The Morgan fingerprint density at radius 2 is 1.47 bits per heavy atom. The largest absolute Gasteiger partial charge is 0.497 e. The number of aliphatic imine (C=N–C) groups is 1. The molecule has 2 aliphatic rings. The number of carbonyl (C=O) groups is 1. The number of aliphatic hydroxyl groups excluding tert-OH is 1. The lowest BCUT2D eigenvalue weighted by atomic mass is 9.80. The molecule has 1 fully saturated rings. The van der Waals surface area contributed by atoms with Crippen molar-refractivity contribution in [3.63, 3.8) is 0 Å². The molecule has 5 rings (SSSR count). The number of hydrogen-bond acceptors (Lipinski definition) is 8. The van der Waals surface area contributed by atoms with Crippen LogP contribution in [0.4, 0.5) is 0 Å². The van der Waals surface area contributed by atoms with E-state index < -0.39 is 30.1 Å². The lowest BCUT2D eigenvalue weighted by molar-refractivity contribution is -0.118. The molecule has 0 spiro atoms. The molecule has 1 amide bonds. The van der Waals surface area contributed by atoms with Crippen LogP contribution in [0.3, 0.4) is 0 Å². The molecule has 0 radical (unpaired) electrons. The van der Waals surface area contributed by atoms with E-state index in [1.807, 2.05) is 78.9 Å². The first-order chi connectivity index (χ1) is 18.4. The highest BCUT2D eigenvalue weighted by Crippen LogP contribution is 2.42. The number of benzene rings is 3. The molecule has 2 aliphatic heterocycles. The Hall–Kier alpha value is -3.92. The summed E-state index contributed by atoms with van der Waals surface area (Å²) in [5.41, 5.74) is 1.57. The van der Waals surface area contributed by atoms with Gasteiger partial charge in [0.2, 0.25) is 5.91 Å². The summed E-state index contributed by atoms with van der Waals surface area (Å²) in [5.74, 6) is 1.13. The molecule has 0 bridgehead atoms. The number of aliphatic hydroxyl groups is 1. The summed E-state index contributed by atoms with van der Waals surface area (Å²) in [7, 11) is 3.24. The van der Waals surface area contributed by atoms with Gasteiger partial charge in [0, 0.05) is 6.92 Å². The molecule has 0 aliphatic carbocycles. The summed E-state index contributed by atoms with van der Waals surface area (Å²) < 4.78 is 29.2. The molecule has 0 saturated carbocycles. The summed E-state index contributed by atoms with van der Waals surface area (Å²) >= 11 is 0. The van der Waals surface area contributed by atoms with E-state index in [1.54, 1.807) is 14.2 Å². The Labute approximate surface area is 221 Å². The molecule has 2 heterocycles. The van der Waals surface area contributed by atoms with Gasteiger partial charge in [-0.3, -0.25) is 10.1 Å². The minimum absolute atomic E-state index is 0.0372. The van der Waals surface area contributed by atoms with Gasteiger partial charge in [0.25, 0.3) is 6.02 Å². The number of amides is 1. The molecule has 9 nitrogen and oxygen atoms in total. The number of methoxy groups -OCH3 is 2. The molecule has 1 unspecified atom stereocenters. The van der Waals surface area contributed by atoms with E-state index in [0.29, 0.717) is 0 Å². The van der Waals surface area contributed by atoms with Crippen molar-refractivity contribution in [2.24, 2.45) is 4.99 Å². The van der Waals surface area contributed by atoms with Gasteiger partial charge in [0.1, 0.15) is 29.3 Å². The van der Waals surface area contributed by atoms with Crippen LogP contribution in [0, 0.1) is 0 Å². The highest BCUT2D eigenvalue weighted by molar-refractivity contribution is 5.93. The summed E-state index contributed by atoms with van der Waals surface area (Å²) in [6, 6.07) is 25.3. The second-order valence-corrected chi connectivity index (χ2v) is 9.07. The van der Waals surface area contributed by atoms with Gasteiger partial charge in [0.05, 0.1) is 20.8 Å². The van der Waals surface area contributed by atoms with Crippen LogP contribution in [0.1, 0.15) is 23.6 Å². The molecule has 3 aromatic rings. The highest BCUT2D eigenvalue weighted by atomic mass is 16.6. The van der Waals surface area contributed by atoms with Crippen molar-refractivity contribution in [3.8, 4) is 11.5 Å². The molecule has 4 atom stereocenters. The van der Waals surface area contributed by atoms with Crippen molar-refractivity contribution in [1.82, 2.24) is 5.32 Å². The molecular weight excluding hydrogens is 488 g/mol. The van der Waals surface area contributed by atoms with E-state index in [1.165, 1.54) is 6.92 Å². The fourth-order valence-electron chi connectivity index (χ4n) is 4.86. The van der Waals surface area contributed by atoms with Gasteiger partial charge in [0.15, 0.2) is 12.3 Å². The average molecular weight is 519 g/mol. The third-order valence-corrected chi connectivity index (χ3v) is 6.73. The van der Waals surface area contributed by atoms with E-state index in [0.717, 1.165) is 28.2 Å². The lowest BCUT2D eigenvalue weighted by Crippen LogP contribution is -2.41. The Balaban J connectivity index is 1.51. The van der Waals surface area contributed by atoms with Gasteiger partial charge < -0.3 is 28.8 Å². The molecule has 9 heteroatoms. The molecule has 1 saturated heterocycles. The Morgan fingerprint density at radius 1 is 0.921 bits per heavy atom. The smallest absolute Gasteiger partial charge is 0.294 e. The SMILES string of the molecule is COc1ccc(C(OC[C@H]2O[C@H]3N=C(NC(C)=O)O[C@@H]3C2O)(c2ccccc2)c2ccc(OC)cc2)cc1. The predicted molar refractivity (Wildman–Crippen MR) is 139 cm³/mol. The van der Waals surface area contributed by atoms with Gasteiger partial charge >= 0.3 is 0 Å². The first-order valence-electron chi connectivity index (χ1n) is 12.3. The molecule has 3 aromatic carbocycles. The number of fused-ring (bicyclic) bond motifs is 1. The number of nitrogens with one attached hydrogen (secondary N) is 1. The lowest BCUT2D eigenvalue weighted by Gasteiger charge is -2.37. The van der Waals surface area contributed by atoms with Gasteiger partial charge in [-0.15, -0.1) is 0 Å². The van der Waals surface area contributed by atoms with Crippen LogP contribution < -0.4 is 14.8 Å². The zero-order valence-electron chi connectivity index (χ0n) is 21.4. The quantitative estimate of drug-likeness (QED) is 0.442. The number of ether oxygens (including phenoxy) is 5. The van der Waals surface area contributed by atoms with Crippen molar-refractivity contribution in [3.05, 3.63) is 95.6 Å². The first-order valence-corrected chi connectivity index (χ1v) is 12.3. The zero-order chi connectivity index (χ0) is 26.7.